The molecule has 3 aromatic rings. The summed E-state index contributed by atoms with van der Waals surface area (Å²) < 4.78 is 0.996. The lowest BCUT2D eigenvalue weighted by Gasteiger charge is -2.11. The summed E-state index contributed by atoms with van der Waals surface area (Å²) >= 11 is 6.15. The van der Waals surface area contributed by atoms with E-state index in [4.69, 9.17) is 11.6 Å². The molecule has 30 heavy (non-hydrogen) atoms. The number of benzene rings is 2. The SMILES string of the molecule is Cc1ccc(C=NNC(=O)c2nn(-c3ccc(C)c(Cl)c3)c(=O)c(C#N)c2C)cc1. The fourth-order valence-corrected chi connectivity index (χ4v) is 2.89. The van der Waals surface area contributed by atoms with Crippen LogP contribution in [0.15, 0.2) is 52.4 Å². The van der Waals surface area contributed by atoms with E-state index in [1.54, 1.807) is 18.2 Å². The highest BCUT2D eigenvalue weighted by Gasteiger charge is 2.20. The number of nitrogens with one attached hydrogen (secondary N) is 1. The summed E-state index contributed by atoms with van der Waals surface area (Å²) in [5.74, 6) is -0.640. The first-order chi connectivity index (χ1) is 14.3. The van der Waals surface area contributed by atoms with Crippen LogP contribution >= 0.6 is 11.6 Å². The number of hydrogen-bond donors (Lipinski definition) is 1. The van der Waals surface area contributed by atoms with Crippen molar-refractivity contribution in [2.45, 2.75) is 20.8 Å². The van der Waals surface area contributed by atoms with Crippen molar-refractivity contribution in [3.8, 4) is 11.8 Å². The zero-order valence-corrected chi connectivity index (χ0v) is 17.4. The summed E-state index contributed by atoms with van der Waals surface area (Å²) in [5.41, 5.74) is 4.78. The molecule has 0 unspecified atom stereocenters. The molecule has 0 aliphatic carbocycles. The Labute approximate surface area is 178 Å². The Hall–Kier alpha value is -3.76. The lowest BCUT2D eigenvalue weighted by Crippen LogP contribution is -2.31. The number of halogens is 1. The molecule has 3 rings (SSSR count). The van der Waals surface area contributed by atoms with Gasteiger partial charge in [-0.05, 0) is 44.0 Å². The van der Waals surface area contributed by atoms with E-state index in [0.29, 0.717) is 10.7 Å². The van der Waals surface area contributed by atoms with Gasteiger partial charge in [-0.25, -0.2) is 5.43 Å². The van der Waals surface area contributed by atoms with Crippen molar-refractivity contribution in [1.29, 1.82) is 5.26 Å². The minimum Gasteiger partial charge on any atom is -0.266 e. The van der Waals surface area contributed by atoms with E-state index >= 15 is 0 Å². The number of hydrogen-bond acceptors (Lipinski definition) is 5. The molecule has 0 fully saturated rings. The Morgan fingerprint density at radius 2 is 1.90 bits per heavy atom. The second-order valence-electron chi connectivity index (χ2n) is 6.72. The molecule has 0 spiro atoms. The summed E-state index contributed by atoms with van der Waals surface area (Å²) in [5, 5.41) is 18.0. The zero-order valence-electron chi connectivity index (χ0n) is 16.6. The Balaban J connectivity index is 1.98. The molecule has 1 amide bonds. The Kier molecular flexibility index (Phi) is 6.09. The van der Waals surface area contributed by atoms with Crippen LogP contribution in [0.2, 0.25) is 5.02 Å². The van der Waals surface area contributed by atoms with Crippen LogP contribution in [0, 0.1) is 32.1 Å². The Morgan fingerprint density at radius 1 is 1.20 bits per heavy atom. The van der Waals surface area contributed by atoms with Gasteiger partial charge in [0.1, 0.15) is 11.6 Å². The number of carbonyl (C=O) groups excluding carboxylic acids is 1. The van der Waals surface area contributed by atoms with Crippen molar-refractivity contribution in [1.82, 2.24) is 15.2 Å². The second kappa shape index (κ2) is 8.72. The Bertz CT molecular complexity index is 1250. The summed E-state index contributed by atoms with van der Waals surface area (Å²) in [6, 6.07) is 14.4. The monoisotopic (exact) mass is 419 g/mol. The summed E-state index contributed by atoms with van der Waals surface area (Å²) in [6.45, 7) is 5.29. The summed E-state index contributed by atoms with van der Waals surface area (Å²) in [4.78, 5) is 25.3. The average molecular weight is 420 g/mol. The first-order valence-corrected chi connectivity index (χ1v) is 9.40. The van der Waals surface area contributed by atoms with Crippen molar-refractivity contribution >= 4 is 23.7 Å². The molecule has 0 aliphatic rings. The van der Waals surface area contributed by atoms with E-state index in [-0.39, 0.29) is 16.8 Å². The quantitative estimate of drug-likeness (QED) is 0.517. The maximum atomic E-state index is 12.7. The molecule has 8 heteroatoms. The number of amides is 1. The van der Waals surface area contributed by atoms with Crippen LogP contribution in [0.25, 0.3) is 5.69 Å². The van der Waals surface area contributed by atoms with Gasteiger partial charge in [0.05, 0.1) is 11.9 Å². The van der Waals surface area contributed by atoms with Gasteiger partial charge in [-0.15, -0.1) is 0 Å². The lowest BCUT2D eigenvalue weighted by atomic mass is 10.1. The fraction of sp³-hybridized carbons (Fsp3) is 0.136. The third kappa shape index (κ3) is 4.29. The maximum Gasteiger partial charge on any atom is 0.292 e. The molecule has 0 saturated heterocycles. The number of hydrazone groups is 1. The van der Waals surface area contributed by atoms with Crippen LogP contribution in [0.5, 0.6) is 0 Å². The minimum atomic E-state index is -0.640. The third-order valence-electron chi connectivity index (χ3n) is 4.52. The van der Waals surface area contributed by atoms with Crippen LogP contribution in [0.3, 0.4) is 0 Å². The van der Waals surface area contributed by atoms with E-state index in [2.05, 4.69) is 15.6 Å². The van der Waals surface area contributed by atoms with Crippen LogP contribution in [0.4, 0.5) is 0 Å². The third-order valence-corrected chi connectivity index (χ3v) is 4.93. The highest BCUT2D eigenvalue weighted by molar-refractivity contribution is 6.31. The molecule has 2 aromatic carbocycles. The van der Waals surface area contributed by atoms with Gasteiger partial charge in [-0.1, -0.05) is 47.5 Å². The van der Waals surface area contributed by atoms with Gasteiger partial charge < -0.3 is 0 Å². The van der Waals surface area contributed by atoms with Gasteiger partial charge in [-0.2, -0.15) is 20.1 Å². The molecule has 0 saturated carbocycles. The molecular weight excluding hydrogens is 402 g/mol. The Morgan fingerprint density at radius 3 is 2.53 bits per heavy atom. The molecule has 1 aromatic heterocycles. The standard InChI is InChI=1S/C22H18ClN5O2/c1-13-4-7-16(8-5-13)12-25-26-21(29)20-15(3)18(11-24)22(30)28(27-20)17-9-6-14(2)19(23)10-17/h4-10,12H,1-3H3,(H,26,29). The fourth-order valence-electron chi connectivity index (χ4n) is 2.71. The zero-order chi connectivity index (χ0) is 21.8. The number of nitriles is 1. The normalized spacial score (nSPS) is 10.8. The highest BCUT2D eigenvalue weighted by Crippen LogP contribution is 2.19. The number of carbonyl (C=O) groups is 1. The molecule has 7 nitrogen and oxygen atoms in total. The number of aryl methyl sites for hydroxylation is 2. The van der Waals surface area contributed by atoms with Crippen molar-refractivity contribution < 1.29 is 4.79 Å². The topological polar surface area (TPSA) is 100 Å². The van der Waals surface area contributed by atoms with Crippen molar-refractivity contribution in [3.63, 3.8) is 0 Å². The molecule has 1 N–H and O–H groups in total. The van der Waals surface area contributed by atoms with Gasteiger partial charge in [-0.3, -0.25) is 9.59 Å². The average Bonchev–Trinajstić information content (AvgIpc) is 2.72. The molecular formula is C22H18ClN5O2. The predicted octanol–water partition coefficient (Wildman–Crippen LogP) is 3.45. The minimum absolute atomic E-state index is 0.0797. The number of nitrogens with zero attached hydrogens (tertiary/aromatic N) is 4. The molecule has 0 atom stereocenters. The molecule has 0 radical (unpaired) electrons. The van der Waals surface area contributed by atoms with E-state index in [9.17, 15) is 14.9 Å². The largest absolute Gasteiger partial charge is 0.292 e. The van der Waals surface area contributed by atoms with Gasteiger partial charge in [0, 0.05) is 10.6 Å². The summed E-state index contributed by atoms with van der Waals surface area (Å²) in [6.07, 6.45) is 1.49. The van der Waals surface area contributed by atoms with Gasteiger partial charge >= 0.3 is 0 Å². The van der Waals surface area contributed by atoms with Crippen molar-refractivity contribution in [2.75, 3.05) is 0 Å². The molecule has 150 valence electrons. The number of rotatable bonds is 4. The van der Waals surface area contributed by atoms with E-state index in [1.807, 2.05) is 44.2 Å². The smallest absolute Gasteiger partial charge is 0.266 e. The predicted molar refractivity (Wildman–Crippen MR) is 115 cm³/mol. The van der Waals surface area contributed by atoms with Gasteiger partial charge in [0.15, 0.2) is 5.69 Å². The van der Waals surface area contributed by atoms with Crippen LogP contribution in [0.1, 0.15) is 38.3 Å². The van der Waals surface area contributed by atoms with E-state index in [1.165, 1.54) is 13.1 Å². The first-order valence-electron chi connectivity index (χ1n) is 9.02. The van der Waals surface area contributed by atoms with Gasteiger partial charge in [0.2, 0.25) is 0 Å². The lowest BCUT2D eigenvalue weighted by molar-refractivity contribution is 0.0947. The summed E-state index contributed by atoms with van der Waals surface area (Å²) in [7, 11) is 0. The van der Waals surface area contributed by atoms with Gasteiger partial charge in [0.25, 0.3) is 11.5 Å². The van der Waals surface area contributed by atoms with E-state index in [0.717, 1.165) is 21.4 Å². The number of aromatic nitrogens is 2. The molecule has 1 heterocycles. The first kappa shape index (κ1) is 21.0. The highest BCUT2D eigenvalue weighted by atomic mass is 35.5. The maximum absolute atomic E-state index is 12.7. The van der Waals surface area contributed by atoms with Crippen LogP contribution in [-0.2, 0) is 0 Å². The molecule has 0 aliphatic heterocycles. The van der Waals surface area contributed by atoms with Crippen molar-refractivity contribution in [3.05, 3.63) is 91.4 Å². The van der Waals surface area contributed by atoms with Crippen LogP contribution < -0.4 is 11.0 Å². The molecule has 0 bridgehead atoms. The second-order valence-corrected chi connectivity index (χ2v) is 7.13. The van der Waals surface area contributed by atoms with Crippen molar-refractivity contribution in [2.24, 2.45) is 5.10 Å². The van der Waals surface area contributed by atoms with Crippen LogP contribution in [-0.4, -0.2) is 21.9 Å². The van der Waals surface area contributed by atoms with E-state index < -0.39 is 11.5 Å².